The van der Waals surface area contributed by atoms with Crippen molar-refractivity contribution in [1.82, 2.24) is 25.4 Å². The number of aryl methyl sites for hydroxylation is 1. The zero-order valence-electron chi connectivity index (χ0n) is 14.2. The smallest absolute Gasteiger partial charge is 0.191 e. The lowest BCUT2D eigenvalue weighted by atomic mass is 10.4. The van der Waals surface area contributed by atoms with Crippen LogP contribution >= 0.6 is 11.8 Å². The molecule has 1 heterocycles. The summed E-state index contributed by atoms with van der Waals surface area (Å²) in [5.74, 6) is 3.66. The van der Waals surface area contributed by atoms with Gasteiger partial charge in [-0.25, -0.2) is 4.99 Å². The van der Waals surface area contributed by atoms with Gasteiger partial charge in [0, 0.05) is 26.7 Å². The van der Waals surface area contributed by atoms with Gasteiger partial charge in [-0.15, -0.1) is 10.2 Å². The lowest BCUT2D eigenvalue weighted by Gasteiger charge is -2.17. The van der Waals surface area contributed by atoms with Crippen molar-refractivity contribution in [3.63, 3.8) is 0 Å². The van der Waals surface area contributed by atoms with Crippen molar-refractivity contribution in [2.75, 3.05) is 32.3 Å². The predicted octanol–water partition coefficient (Wildman–Crippen LogP) is 0.947. The topological polar surface area (TPSA) is 76.4 Å². The molecule has 0 saturated carbocycles. The van der Waals surface area contributed by atoms with Crippen LogP contribution in [-0.4, -0.2) is 59.0 Å². The highest BCUT2D eigenvalue weighted by Gasteiger charge is 2.07. The summed E-state index contributed by atoms with van der Waals surface area (Å²) in [6, 6.07) is 0.193. The third-order valence-electron chi connectivity index (χ3n) is 3.18. The highest BCUT2D eigenvalue weighted by molar-refractivity contribution is 7.98. The molecule has 0 fully saturated rings. The number of ether oxygens (including phenoxy) is 1. The van der Waals surface area contributed by atoms with Crippen LogP contribution in [0.25, 0.3) is 0 Å². The van der Waals surface area contributed by atoms with E-state index in [-0.39, 0.29) is 6.04 Å². The van der Waals surface area contributed by atoms with Gasteiger partial charge in [0.2, 0.25) is 0 Å². The molecule has 0 amide bonds. The molecule has 0 bridgehead atoms. The summed E-state index contributed by atoms with van der Waals surface area (Å²) in [5.41, 5.74) is 0. The van der Waals surface area contributed by atoms with E-state index in [2.05, 4.69) is 39.0 Å². The standard InChI is InChI=1S/C14H28N6OS/c1-11(10-21-4)17-14(15-7-6-8-22-5)16-9-13-19-18-12(2)20(13)3/h11H,6-10H2,1-5H3,(H2,15,16,17). The van der Waals surface area contributed by atoms with Crippen LogP contribution in [0, 0.1) is 6.92 Å². The van der Waals surface area contributed by atoms with Crippen LogP contribution in [0.5, 0.6) is 0 Å². The van der Waals surface area contributed by atoms with Crippen molar-refractivity contribution in [3.8, 4) is 0 Å². The van der Waals surface area contributed by atoms with Gasteiger partial charge in [0.05, 0.1) is 6.61 Å². The first kappa shape index (κ1) is 18.8. The minimum Gasteiger partial charge on any atom is -0.383 e. The first-order valence-corrected chi connectivity index (χ1v) is 8.85. The second kappa shape index (κ2) is 10.4. The summed E-state index contributed by atoms with van der Waals surface area (Å²) in [5, 5.41) is 14.9. The Morgan fingerprint density at radius 2 is 2.23 bits per heavy atom. The van der Waals surface area contributed by atoms with Crippen LogP contribution in [0.1, 0.15) is 25.0 Å². The van der Waals surface area contributed by atoms with Crippen molar-refractivity contribution in [2.45, 2.75) is 32.9 Å². The number of nitrogens with zero attached hydrogens (tertiary/aromatic N) is 4. The summed E-state index contributed by atoms with van der Waals surface area (Å²) >= 11 is 1.85. The third kappa shape index (κ3) is 6.65. The van der Waals surface area contributed by atoms with E-state index in [1.165, 1.54) is 0 Å². The van der Waals surface area contributed by atoms with E-state index in [4.69, 9.17) is 4.74 Å². The number of hydrogen-bond acceptors (Lipinski definition) is 5. The van der Waals surface area contributed by atoms with Gasteiger partial charge in [0.15, 0.2) is 11.8 Å². The largest absolute Gasteiger partial charge is 0.383 e. The summed E-state index contributed by atoms with van der Waals surface area (Å²) in [6.07, 6.45) is 3.22. The van der Waals surface area contributed by atoms with Crippen molar-refractivity contribution in [2.24, 2.45) is 12.0 Å². The van der Waals surface area contributed by atoms with Crippen molar-refractivity contribution < 1.29 is 4.74 Å². The fourth-order valence-electron chi connectivity index (χ4n) is 1.84. The van der Waals surface area contributed by atoms with Crippen LogP contribution in [0.2, 0.25) is 0 Å². The Balaban J connectivity index is 2.61. The normalized spacial score (nSPS) is 13.2. The van der Waals surface area contributed by atoms with Gasteiger partial charge in [0.25, 0.3) is 0 Å². The summed E-state index contributed by atoms with van der Waals surface area (Å²) < 4.78 is 7.11. The predicted molar refractivity (Wildman–Crippen MR) is 92.4 cm³/mol. The van der Waals surface area contributed by atoms with Crippen molar-refractivity contribution >= 4 is 17.7 Å². The Labute approximate surface area is 137 Å². The summed E-state index contributed by atoms with van der Waals surface area (Å²) in [6.45, 7) is 6.02. The maximum Gasteiger partial charge on any atom is 0.191 e. The van der Waals surface area contributed by atoms with Crippen LogP contribution in [-0.2, 0) is 18.3 Å². The lowest BCUT2D eigenvalue weighted by molar-refractivity contribution is 0.179. The van der Waals surface area contributed by atoms with Gasteiger partial charge in [-0.1, -0.05) is 0 Å². The number of thioether (sulfide) groups is 1. The molecule has 1 aromatic heterocycles. The molecule has 0 aromatic carbocycles. The van der Waals surface area contributed by atoms with Gasteiger partial charge in [-0.05, 0) is 32.3 Å². The summed E-state index contributed by atoms with van der Waals surface area (Å²) in [7, 11) is 3.65. The number of guanidine groups is 1. The van der Waals surface area contributed by atoms with Gasteiger partial charge in [0.1, 0.15) is 12.4 Å². The molecule has 22 heavy (non-hydrogen) atoms. The molecular weight excluding hydrogens is 300 g/mol. The average molecular weight is 328 g/mol. The van der Waals surface area contributed by atoms with Gasteiger partial charge < -0.3 is 19.9 Å². The van der Waals surface area contributed by atoms with Crippen LogP contribution in [0.4, 0.5) is 0 Å². The Morgan fingerprint density at radius 1 is 1.45 bits per heavy atom. The molecular formula is C14H28N6OS. The first-order chi connectivity index (χ1) is 10.6. The number of hydrogen-bond donors (Lipinski definition) is 2. The monoisotopic (exact) mass is 328 g/mol. The highest BCUT2D eigenvalue weighted by Crippen LogP contribution is 1.99. The van der Waals surface area contributed by atoms with E-state index in [0.29, 0.717) is 13.2 Å². The molecule has 8 heteroatoms. The Kier molecular flexibility index (Phi) is 8.91. The Morgan fingerprint density at radius 3 is 2.82 bits per heavy atom. The molecule has 0 radical (unpaired) electrons. The highest BCUT2D eigenvalue weighted by atomic mass is 32.2. The van der Waals surface area contributed by atoms with Crippen molar-refractivity contribution in [1.29, 1.82) is 0 Å². The second-order valence-electron chi connectivity index (χ2n) is 5.16. The second-order valence-corrected chi connectivity index (χ2v) is 6.15. The quantitative estimate of drug-likeness (QED) is 0.399. The number of nitrogens with one attached hydrogen (secondary N) is 2. The van der Waals surface area contributed by atoms with Crippen LogP contribution < -0.4 is 10.6 Å². The van der Waals surface area contributed by atoms with Crippen molar-refractivity contribution in [3.05, 3.63) is 11.6 Å². The van der Waals surface area contributed by atoms with E-state index in [1.807, 2.05) is 30.3 Å². The molecule has 0 aliphatic rings. The molecule has 7 nitrogen and oxygen atoms in total. The van der Waals surface area contributed by atoms with E-state index in [9.17, 15) is 0 Å². The Hall–Kier alpha value is -1.28. The molecule has 0 aliphatic carbocycles. The molecule has 1 rings (SSSR count). The van der Waals surface area contributed by atoms with Gasteiger partial charge in [-0.2, -0.15) is 11.8 Å². The first-order valence-electron chi connectivity index (χ1n) is 7.46. The number of rotatable bonds is 9. The fourth-order valence-corrected chi connectivity index (χ4v) is 2.27. The molecule has 126 valence electrons. The minimum absolute atomic E-state index is 0.193. The Bertz CT molecular complexity index is 462. The average Bonchev–Trinajstić information content (AvgIpc) is 2.81. The molecule has 1 unspecified atom stereocenters. The molecule has 0 spiro atoms. The molecule has 2 N–H and O–H groups in total. The van der Waals surface area contributed by atoms with Gasteiger partial charge in [-0.3, -0.25) is 0 Å². The zero-order chi connectivity index (χ0) is 16.4. The number of methoxy groups -OCH3 is 1. The zero-order valence-corrected chi connectivity index (χ0v) is 15.0. The van der Waals surface area contributed by atoms with Crippen LogP contribution in [0.15, 0.2) is 4.99 Å². The maximum absolute atomic E-state index is 5.16. The third-order valence-corrected chi connectivity index (χ3v) is 3.88. The number of aliphatic imine (C=N–C) groups is 1. The lowest BCUT2D eigenvalue weighted by Crippen LogP contribution is -2.44. The minimum atomic E-state index is 0.193. The SMILES string of the molecule is COCC(C)NC(=NCc1nnc(C)n1C)NCCCSC. The van der Waals surface area contributed by atoms with E-state index >= 15 is 0 Å². The number of aromatic nitrogens is 3. The van der Waals surface area contributed by atoms with Gasteiger partial charge >= 0.3 is 0 Å². The van der Waals surface area contributed by atoms with E-state index < -0.39 is 0 Å². The maximum atomic E-state index is 5.16. The van der Waals surface area contributed by atoms with E-state index in [0.717, 1.165) is 36.3 Å². The van der Waals surface area contributed by atoms with Crippen LogP contribution in [0.3, 0.4) is 0 Å². The molecule has 1 atom stereocenters. The molecule has 0 saturated heterocycles. The fraction of sp³-hybridized carbons (Fsp3) is 0.786. The molecule has 1 aromatic rings. The van der Waals surface area contributed by atoms with E-state index in [1.54, 1.807) is 7.11 Å². The summed E-state index contributed by atoms with van der Waals surface area (Å²) in [4.78, 5) is 4.60. The molecule has 0 aliphatic heterocycles.